The summed E-state index contributed by atoms with van der Waals surface area (Å²) < 4.78 is 25.9. The van der Waals surface area contributed by atoms with Crippen molar-refractivity contribution >= 4 is 56.4 Å². The summed E-state index contributed by atoms with van der Waals surface area (Å²) in [5.74, 6) is 0.0667. The summed E-state index contributed by atoms with van der Waals surface area (Å²) >= 11 is 0. The Morgan fingerprint density at radius 1 is 1.08 bits per heavy atom. The van der Waals surface area contributed by atoms with Gasteiger partial charge in [-0.15, -0.1) is 0 Å². The molecule has 14 nitrogen and oxygen atoms in total. The van der Waals surface area contributed by atoms with Crippen LogP contribution < -0.4 is 26.5 Å². The summed E-state index contributed by atoms with van der Waals surface area (Å²) in [6.07, 6.45) is 9.13. The number of hydrogen-bond donors (Lipinski definition) is 5. The highest BCUT2D eigenvalue weighted by atomic mass is 33.1. The number of fused-ring (bicyclic) bond motifs is 8. The zero-order valence-corrected chi connectivity index (χ0v) is 35.2. The van der Waals surface area contributed by atoms with Gasteiger partial charge in [0.25, 0.3) is 0 Å². The molecule has 10 heterocycles. The molecule has 4 aromatic rings. The van der Waals surface area contributed by atoms with Crippen LogP contribution in [0, 0.1) is 18.8 Å². The predicted molar refractivity (Wildman–Crippen MR) is 232 cm³/mol. The van der Waals surface area contributed by atoms with E-state index in [0.29, 0.717) is 71.7 Å². The number of esters is 1. The second kappa shape index (κ2) is 14.2. The number of aromatic hydroxyl groups is 1. The molecule has 9 unspecified atom stereocenters. The Morgan fingerprint density at radius 3 is 2.79 bits per heavy atom. The number of aliphatic imine (C=N–C) groups is 1. The van der Waals surface area contributed by atoms with Gasteiger partial charge < -0.3 is 40.3 Å². The van der Waals surface area contributed by atoms with E-state index in [9.17, 15) is 19.8 Å². The van der Waals surface area contributed by atoms with Crippen molar-refractivity contribution in [1.82, 2.24) is 9.97 Å². The largest absolute Gasteiger partial charge is 0.507 e. The molecule has 2 saturated heterocycles. The molecule has 61 heavy (non-hydrogen) atoms. The lowest BCUT2D eigenvalue weighted by atomic mass is 9.67. The van der Waals surface area contributed by atoms with Crippen molar-refractivity contribution in [2.24, 2.45) is 16.8 Å². The molecule has 0 radical (unpaired) electrons. The average molecular weight is 862 g/mol. The number of nitrogens with two attached hydrogens (primary N) is 2. The summed E-state index contributed by atoms with van der Waals surface area (Å²) in [6, 6.07) is 8.94. The molecule has 1 aliphatic carbocycles. The molecule has 16 heteroatoms. The summed E-state index contributed by atoms with van der Waals surface area (Å²) in [5, 5.41) is 23.9. The third kappa shape index (κ3) is 6.31. The topological polar surface area (TPSA) is 213 Å². The number of anilines is 2. The smallest absolute Gasteiger partial charge is 0.342 e. The van der Waals surface area contributed by atoms with E-state index in [1.807, 2.05) is 43.5 Å². The SMILES string of the molecule is Cc1cc(=O)c2c(O)c3c(cc2o1)OC1(C)CCSSCc2c(cc(C[NH+]4C=C5N=CC=C5C4)nc2N)-c2cc(cc(N)n2)CCC2OC24C(=O)OC1C3C1C=CC4C(O)C1. The van der Waals surface area contributed by atoms with E-state index in [4.69, 9.17) is 40.1 Å². The van der Waals surface area contributed by atoms with E-state index in [1.54, 1.807) is 34.6 Å². The van der Waals surface area contributed by atoms with Crippen LogP contribution in [0.2, 0.25) is 0 Å². The Kier molecular flexibility index (Phi) is 9.03. The quantitative estimate of drug-likeness (QED) is 0.0816. The fourth-order valence-corrected chi connectivity index (χ4v) is 12.9. The molecular weight excluding hydrogens is 817 g/mol. The van der Waals surface area contributed by atoms with E-state index in [-0.39, 0.29) is 29.1 Å². The maximum Gasteiger partial charge on any atom is 0.342 e. The Bertz CT molecular complexity index is 2750. The van der Waals surface area contributed by atoms with Crippen LogP contribution in [0.1, 0.15) is 60.2 Å². The highest BCUT2D eigenvalue weighted by Gasteiger charge is 2.71. The molecule has 7 aliphatic heterocycles. The fraction of sp³-hybridized carbons (Fsp3) is 0.400. The number of nitrogen functional groups attached to an aromatic ring is 2. The van der Waals surface area contributed by atoms with E-state index >= 15 is 0 Å². The number of phenols is 1. The highest BCUT2D eigenvalue weighted by molar-refractivity contribution is 8.76. The number of nitrogens with one attached hydrogen (secondary N) is 1. The summed E-state index contributed by atoms with van der Waals surface area (Å²) in [6.45, 7) is 5.04. The first-order chi connectivity index (χ1) is 29.4. The predicted octanol–water partition coefficient (Wildman–Crippen LogP) is 4.45. The Balaban J connectivity index is 0.996. The second-order valence-corrected chi connectivity index (χ2v) is 20.1. The molecule has 3 aromatic heterocycles. The number of aliphatic hydroxyl groups excluding tert-OH is 1. The third-order valence-corrected chi connectivity index (χ3v) is 15.8. The molecule has 1 spiro atoms. The van der Waals surface area contributed by atoms with Gasteiger partial charge in [-0.05, 0) is 68.9 Å². The van der Waals surface area contributed by atoms with Crippen molar-refractivity contribution in [3.8, 4) is 22.8 Å². The van der Waals surface area contributed by atoms with Crippen molar-refractivity contribution in [2.75, 3.05) is 23.8 Å². The minimum absolute atomic E-state index is 0.0283. The van der Waals surface area contributed by atoms with Crippen LogP contribution in [0.4, 0.5) is 11.6 Å². The van der Waals surface area contributed by atoms with E-state index in [0.717, 1.165) is 34.6 Å². The summed E-state index contributed by atoms with van der Waals surface area (Å²) in [5.41, 5.74) is 17.3. The van der Waals surface area contributed by atoms with Gasteiger partial charge in [-0.25, -0.2) is 14.8 Å². The molecule has 7 N–H and O–H groups in total. The van der Waals surface area contributed by atoms with Crippen LogP contribution in [0.3, 0.4) is 0 Å². The monoisotopic (exact) mass is 861 g/mol. The normalized spacial score (nSPS) is 32.2. The number of quaternary nitrogens is 1. The number of aryl methyl sites for hydroxylation is 2. The van der Waals surface area contributed by atoms with Gasteiger partial charge in [0.15, 0.2) is 11.0 Å². The lowest BCUT2D eigenvalue weighted by Gasteiger charge is -2.48. The van der Waals surface area contributed by atoms with Crippen molar-refractivity contribution in [1.29, 1.82) is 0 Å². The van der Waals surface area contributed by atoms with Crippen molar-refractivity contribution in [3.63, 3.8) is 0 Å². The molecule has 0 amide bonds. The number of aliphatic hydroxyl groups is 1. The van der Waals surface area contributed by atoms with Gasteiger partial charge in [-0.1, -0.05) is 33.7 Å². The Hall–Kier alpha value is -5.13. The van der Waals surface area contributed by atoms with Gasteiger partial charge in [-0.2, -0.15) is 0 Å². The first-order valence-electron chi connectivity index (χ1n) is 20.7. The Labute approximate surface area is 358 Å². The number of phenolic OH excluding ortho intramolecular Hbond substituents is 1. The van der Waals surface area contributed by atoms with Crippen LogP contribution in [-0.4, -0.2) is 74.2 Å². The second-order valence-electron chi connectivity index (χ2n) is 17.5. The standard InChI is InChI=1S/C45H44N6O8S2/c1-21-11-32(53)38-33(56-21)16-34-39(40(38)54)37-23-4-5-28(31(52)14-23)45-35(59-45)6-3-22-12-29(50-36(46)13-22)26-15-25(18-51-17-24-7-9-48-30(24)19-51)49-42(47)27(26)20-61-60-10-8-44(2,58-34)41(37)57-43(45)55/h4-5,7,9,11-13,15-16,19,23,28,31,35,37,41,52,54H,3,6,8,10,14,17-18,20H2,1-2H3,(H2,46,50)(H2,47,49)/p+1. The number of epoxide rings is 1. The van der Waals surface area contributed by atoms with Crippen LogP contribution in [0.25, 0.3) is 22.2 Å². The molecule has 1 aromatic carbocycles. The molecule has 6 bridgehead atoms. The van der Waals surface area contributed by atoms with Crippen molar-refractivity contribution < 1.29 is 38.5 Å². The number of aromatic nitrogens is 2. The molecule has 12 rings (SSSR count). The maximum atomic E-state index is 14.8. The number of hydrogen-bond acceptors (Lipinski definition) is 15. The first kappa shape index (κ1) is 38.8. The molecule has 0 saturated carbocycles. The first-order valence-corrected chi connectivity index (χ1v) is 23.2. The lowest BCUT2D eigenvalue weighted by molar-refractivity contribution is -0.852. The van der Waals surface area contributed by atoms with Crippen molar-refractivity contribution in [3.05, 3.63) is 104 Å². The van der Waals surface area contributed by atoms with Gasteiger partial charge in [0.2, 0.25) is 0 Å². The highest BCUT2D eigenvalue weighted by Crippen LogP contribution is 2.59. The fourth-order valence-electron chi connectivity index (χ4n) is 10.6. The molecular formula is C45H45N6O8S2+. The van der Waals surface area contributed by atoms with Crippen LogP contribution in [0.15, 0.2) is 80.2 Å². The van der Waals surface area contributed by atoms with Crippen molar-refractivity contribution in [2.45, 2.75) is 87.3 Å². The van der Waals surface area contributed by atoms with Gasteiger partial charge in [0.1, 0.15) is 82.7 Å². The lowest BCUT2D eigenvalue weighted by Crippen LogP contribution is -3.04. The summed E-state index contributed by atoms with van der Waals surface area (Å²) in [7, 11) is 3.26. The van der Waals surface area contributed by atoms with Gasteiger partial charge in [-0.3, -0.25) is 14.7 Å². The number of benzene rings is 1. The van der Waals surface area contributed by atoms with Gasteiger partial charge in [0.05, 0.1) is 17.5 Å². The Morgan fingerprint density at radius 2 is 1.95 bits per heavy atom. The third-order valence-electron chi connectivity index (χ3n) is 13.5. The zero-order chi connectivity index (χ0) is 41.9. The van der Waals surface area contributed by atoms with E-state index in [2.05, 4.69) is 17.3 Å². The van der Waals surface area contributed by atoms with E-state index < -0.39 is 52.7 Å². The van der Waals surface area contributed by atoms with Gasteiger partial charge >= 0.3 is 5.97 Å². The number of carbonyl (C=O) groups excluding carboxylic acids is 1. The molecule has 9 atom stereocenters. The molecule has 2 fully saturated rings. The number of carbonyl (C=O) groups is 1. The number of rotatable bonds is 2. The number of nitrogens with zero attached hydrogens (tertiary/aromatic N) is 3. The minimum atomic E-state index is -1.44. The zero-order valence-electron chi connectivity index (χ0n) is 33.6. The maximum absolute atomic E-state index is 14.8. The van der Waals surface area contributed by atoms with Crippen LogP contribution in [0.5, 0.6) is 11.5 Å². The molecule has 8 aliphatic rings. The van der Waals surface area contributed by atoms with Crippen LogP contribution in [-0.2, 0) is 33.0 Å². The average Bonchev–Trinajstić information content (AvgIpc) is 3.53. The number of ether oxygens (including phenoxy) is 3. The van der Waals surface area contributed by atoms with Gasteiger partial charge in [0, 0.05) is 70.4 Å². The number of allylic oxidation sites excluding steroid dienone is 2. The van der Waals surface area contributed by atoms with E-state index in [1.165, 1.54) is 16.5 Å². The minimum Gasteiger partial charge on any atom is -0.507 e. The van der Waals surface area contributed by atoms with Crippen LogP contribution >= 0.6 is 21.6 Å². The summed E-state index contributed by atoms with van der Waals surface area (Å²) in [4.78, 5) is 43.6. The molecule has 314 valence electrons. The number of pyridine rings is 2.